The molecule has 0 saturated heterocycles. The SMILES string of the molecule is CC(C)c1ccc(N(c2ccccc2)c2cc3c4cc5ccccc5cc4oc3c3ccccc23)cc1. The van der Waals surface area contributed by atoms with E-state index in [1.807, 2.05) is 0 Å². The van der Waals surface area contributed by atoms with E-state index >= 15 is 0 Å². The Morgan fingerprint density at radius 3 is 1.89 bits per heavy atom. The molecule has 0 spiro atoms. The number of fused-ring (bicyclic) bond motifs is 6. The third-order valence-corrected chi connectivity index (χ3v) is 7.40. The van der Waals surface area contributed by atoms with Crippen molar-refractivity contribution in [2.45, 2.75) is 19.8 Å². The van der Waals surface area contributed by atoms with E-state index in [1.54, 1.807) is 0 Å². The van der Waals surface area contributed by atoms with Crippen LogP contribution in [0.5, 0.6) is 0 Å². The van der Waals surface area contributed by atoms with Crippen molar-refractivity contribution in [1.82, 2.24) is 0 Å². The molecule has 6 aromatic carbocycles. The molecule has 0 amide bonds. The molecule has 37 heavy (non-hydrogen) atoms. The molecule has 0 N–H and O–H groups in total. The van der Waals surface area contributed by atoms with Gasteiger partial charge in [0.25, 0.3) is 0 Å². The zero-order valence-corrected chi connectivity index (χ0v) is 21.0. The molecule has 178 valence electrons. The predicted molar refractivity (Wildman–Crippen MR) is 158 cm³/mol. The van der Waals surface area contributed by atoms with Crippen LogP contribution in [0.1, 0.15) is 25.3 Å². The Morgan fingerprint density at radius 1 is 0.541 bits per heavy atom. The van der Waals surface area contributed by atoms with Gasteiger partial charge in [-0.25, -0.2) is 0 Å². The molecule has 0 fully saturated rings. The molecule has 7 rings (SSSR count). The summed E-state index contributed by atoms with van der Waals surface area (Å²) in [5, 5.41) is 6.97. The minimum absolute atomic E-state index is 0.489. The average Bonchev–Trinajstić information content (AvgIpc) is 3.30. The monoisotopic (exact) mass is 477 g/mol. The van der Waals surface area contributed by atoms with Crippen LogP contribution in [0.2, 0.25) is 0 Å². The highest BCUT2D eigenvalue weighted by Gasteiger charge is 2.20. The summed E-state index contributed by atoms with van der Waals surface area (Å²) in [6, 6.07) is 43.4. The van der Waals surface area contributed by atoms with E-state index in [0.29, 0.717) is 5.92 Å². The molecule has 0 saturated carbocycles. The fourth-order valence-electron chi connectivity index (χ4n) is 5.46. The number of para-hydroxylation sites is 1. The average molecular weight is 478 g/mol. The van der Waals surface area contributed by atoms with Gasteiger partial charge in [0.1, 0.15) is 11.2 Å². The van der Waals surface area contributed by atoms with Gasteiger partial charge in [0.15, 0.2) is 0 Å². The Bertz CT molecular complexity index is 1900. The predicted octanol–water partition coefficient (Wildman–Crippen LogP) is 10.5. The van der Waals surface area contributed by atoms with Gasteiger partial charge in [0.2, 0.25) is 0 Å². The van der Waals surface area contributed by atoms with Gasteiger partial charge >= 0.3 is 0 Å². The van der Waals surface area contributed by atoms with Crippen LogP contribution in [0.4, 0.5) is 17.1 Å². The van der Waals surface area contributed by atoms with Crippen molar-refractivity contribution in [3.63, 3.8) is 0 Å². The van der Waals surface area contributed by atoms with Gasteiger partial charge in [0, 0.05) is 32.9 Å². The highest BCUT2D eigenvalue weighted by atomic mass is 16.3. The van der Waals surface area contributed by atoms with Crippen LogP contribution in [0, 0.1) is 0 Å². The molecule has 0 aliphatic heterocycles. The summed E-state index contributed by atoms with van der Waals surface area (Å²) < 4.78 is 6.54. The third kappa shape index (κ3) is 3.56. The lowest BCUT2D eigenvalue weighted by Gasteiger charge is -2.27. The second kappa shape index (κ2) is 8.53. The molecule has 0 radical (unpaired) electrons. The Labute approximate surface area is 216 Å². The van der Waals surface area contributed by atoms with E-state index < -0.39 is 0 Å². The van der Waals surface area contributed by atoms with Crippen LogP contribution in [0.15, 0.2) is 126 Å². The fourth-order valence-corrected chi connectivity index (χ4v) is 5.46. The lowest BCUT2D eigenvalue weighted by atomic mass is 10.00. The number of hydrogen-bond acceptors (Lipinski definition) is 2. The number of furan rings is 1. The quantitative estimate of drug-likeness (QED) is 0.251. The maximum absolute atomic E-state index is 6.54. The molecule has 7 aromatic rings. The van der Waals surface area contributed by atoms with E-state index in [2.05, 4.69) is 140 Å². The van der Waals surface area contributed by atoms with Crippen molar-refractivity contribution in [3.8, 4) is 0 Å². The maximum atomic E-state index is 6.54. The summed E-state index contributed by atoms with van der Waals surface area (Å²) in [6.07, 6.45) is 0. The van der Waals surface area contributed by atoms with Crippen molar-refractivity contribution >= 4 is 60.5 Å². The number of hydrogen-bond donors (Lipinski definition) is 0. The second-order valence-corrected chi connectivity index (χ2v) is 10.0. The van der Waals surface area contributed by atoms with Crippen molar-refractivity contribution in [1.29, 1.82) is 0 Å². The first-order valence-corrected chi connectivity index (χ1v) is 12.9. The maximum Gasteiger partial charge on any atom is 0.143 e. The summed E-state index contributed by atoms with van der Waals surface area (Å²) in [6.45, 7) is 4.47. The van der Waals surface area contributed by atoms with E-state index in [4.69, 9.17) is 4.42 Å². The van der Waals surface area contributed by atoms with Crippen LogP contribution in [0.25, 0.3) is 43.5 Å². The molecule has 2 heteroatoms. The molecular weight excluding hydrogens is 450 g/mol. The third-order valence-electron chi connectivity index (χ3n) is 7.40. The van der Waals surface area contributed by atoms with Crippen molar-refractivity contribution in [2.24, 2.45) is 0 Å². The van der Waals surface area contributed by atoms with Gasteiger partial charge in [-0.3, -0.25) is 0 Å². The first-order chi connectivity index (χ1) is 18.2. The van der Waals surface area contributed by atoms with Gasteiger partial charge in [-0.2, -0.15) is 0 Å². The van der Waals surface area contributed by atoms with Crippen molar-refractivity contribution in [2.75, 3.05) is 4.90 Å². The molecule has 0 bridgehead atoms. The lowest BCUT2D eigenvalue weighted by Crippen LogP contribution is -2.10. The summed E-state index contributed by atoms with van der Waals surface area (Å²) >= 11 is 0. The van der Waals surface area contributed by atoms with Crippen molar-refractivity contribution < 1.29 is 4.42 Å². The smallest absolute Gasteiger partial charge is 0.143 e. The van der Waals surface area contributed by atoms with Crippen molar-refractivity contribution in [3.05, 3.63) is 127 Å². The highest BCUT2D eigenvalue weighted by molar-refractivity contribution is 6.21. The number of anilines is 3. The zero-order valence-electron chi connectivity index (χ0n) is 21.0. The van der Waals surface area contributed by atoms with Gasteiger partial charge in [-0.15, -0.1) is 0 Å². The summed E-state index contributed by atoms with van der Waals surface area (Å²) in [5.41, 5.74) is 6.60. The fraction of sp³-hybridized carbons (Fsp3) is 0.0857. The van der Waals surface area contributed by atoms with Gasteiger partial charge in [0.05, 0.1) is 5.69 Å². The first-order valence-electron chi connectivity index (χ1n) is 12.9. The summed E-state index contributed by atoms with van der Waals surface area (Å²) in [4.78, 5) is 2.37. The van der Waals surface area contributed by atoms with Crippen LogP contribution in [-0.4, -0.2) is 0 Å². The summed E-state index contributed by atoms with van der Waals surface area (Å²) in [7, 11) is 0. The van der Waals surface area contributed by atoms with E-state index in [1.165, 1.54) is 16.3 Å². The molecule has 2 nitrogen and oxygen atoms in total. The van der Waals surface area contributed by atoms with Crippen LogP contribution < -0.4 is 4.90 Å². The molecular formula is C35H27NO. The normalized spacial score (nSPS) is 11.8. The Balaban J connectivity index is 1.56. The zero-order chi connectivity index (χ0) is 24.9. The molecule has 0 aliphatic rings. The lowest BCUT2D eigenvalue weighted by molar-refractivity contribution is 0.673. The minimum atomic E-state index is 0.489. The number of rotatable bonds is 4. The van der Waals surface area contributed by atoms with Gasteiger partial charge in [-0.1, -0.05) is 92.7 Å². The van der Waals surface area contributed by atoms with Crippen LogP contribution >= 0.6 is 0 Å². The number of nitrogens with zero attached hydrogens (tertiary/aromatic N) is 1. The Hall–Kier alpha value is -4.56. The summed E-state index contributed by atoms with van der Waals surface area (Å²) in [5.74, 6) is 0.489. The standard InChI is InChI=1S/C35H27NO/c1-23(2)24-16-18-28(19-17-24)36(27-12-4-3-5-13-27)33-22-32-31-20-25-10-6-7-11-26(25)21-34(31)37-35(32)30-15-9-8-14-29(30)33/h3-23H,1-2H3. The second-order valence-electron chi connectivity index (χ2n) is 10.0. The largest absolute Gasteiger partial charge is 0.455 e. The van der Waals surface area contributed by atoms with Crippen LogP contribution in [-0.2, 0) is 0 Å². The van der Waals surface area contributed by atoms with Crippen LogP contribution in [0.3, 0.4) is 0 Å². The molecule has 1 aromatic heterocycles. The van der Waals surface area contributed by atoms with E-state index in [-0.39, 0.29) is 0 Å². The van der Waals surface area contributed by atoms with E-state index in [0.717, 1.165) is 49.8 Å². The minimum Gasteiger partial charge on any atom is -0.455 e. The molecule has 0 aliphatic carbocycles. The molecule has 0 atom stereocenters. The molecule has 1 heterocycles. The Morgan fingerprint density at radius 2 is 1.16 bits per heavy atom. The number of benzene rings is 6. The van der Waals surface area contributed by atoms with Gasteiger partial charge < -0.3 is 9.32 Å². The first kappa shape index (κ1) is 21.7. The molecule has 0 unspecified atom stereocenters. The topological polar surface area (TPSA) is 16.4 Å². The Kier molecular flexibility index (Phi) is 5.00. The highest BCUT2D eigenvalue weighted by Crippen LogP contribution is 2.45. The van der Waals surface area contributed by atoms with Gasteiger partial charge in [-0.05, 0) is 64.7 Å². The van der Waals surface area contributed by atoms with E-state index in [9.17, 15) is 0 Å².